The lowest BCUT2D eigenvalue weighted by molar-refractivity contribution is -0.132. The number of aliphatic carboxylic acids is 1. The summed E-state index contributed by atoms with van der Waals surface area (Å²) in [5, 5.41) is 17.7. The Kier molecular flexibility index (Phi) is 5.37. The van der Waals surface area contributed by atoms with Crippen molar-refractivity contribution < 1.29 is 19.4 Å². The second kappa shape index (κ2) is 7.66. The lowest BCUT2D eigenvalue weighted by Gasteiger charge is -2.11. The Balaban J connectivity index is 2.20. The number of carboxylic acid groups (broad SMARTS) is 1. The minimum Gasteiger partial charge on any atom is -0.493 e. The summed E-state index contributed by atoms with van der Waals surface area (Å²) in [6.45, 7) is 0.394. The van der Waals surface area contributed by atoms with Gasteiger partial charge in [0.1, 0.15) is 18.2 Å². The lowest BCUT2D eigenvalue weighted by atomic mass is 10.1. The topological polar surface area (TPSA) is 79.5 Å². The maximum atomic E-state index is 10.9. The van der Waals surface area contributed by atoms with Crippen LogP contribution in [0, 0.1) is 11.3 Å². The summed E-state index contributed by atoms with van der Waals surface area (Å²) in [5.41, 5.74) is 1.23. The number of hydrogen-bond acceptors (Lipinski definition) is 4. The second-order valence-corrected chi connectivity index (χ2v) is 4.66. The molecule has 23 heavy (non-hydrogen) atoms. The van der Waals surface area contributed by atoms with E-state index < -0.39 is 5.97 Å². The van der Waals surface area contributed by atoms with Crippen molar-refractivity contribution in [2.75, 3.05) is 7.11 Å². The van der Waals surface area contributed by atoms with Crippen LogP contribution in [0.2, 0.25) is 0 Å². The number of carboxylic acids is 1. The zero-order valence-electron chi connectivity index (χ0n) is 12.5. The summed E-state index contributed by atoms with van der Waals surface area (Å²) < 4.78 is 11.0. The molecule has 0 aliphatic rings. The predicted molar refractivity (Wildman–Crippen MR) is 85.0 cm³/mol. The first-order valence-corrected chi connectivity index (χ1v) is 6.84. The molecule has 0 amide bonds. The molecule has 116 valence electrons. The van der Waals surface area contributed by atoms with Crippen LogP contribution < -0.4 is 9.47 Å². The summed E-state index contributed by atoms with van der Waals surface area (Å²) in [4.78, 5) is 10.9. The average Bonchev–Trinajstić information content (AvgIpc) is 2.58. The molecule has 0 saturated heterocycles. The third-order valence-electron chi connectivity index (χ3n) is 3.09. The summed E-state index contributed by atoms with van der Waals surface area (Å²) in [6.07, 6.45) is 1.28. The molecule has 0 spiro atoms. The highest BCUT2D eigenvalue weighted by molar-refractivity contribution is 5.96. The summed E-state index contributed by atoms with van der Waals surface area (Å²) in [5.74, 6) is -0.254. The first-order valence-electron chi connectivity index (χ1n) is 6.84. The van der Waals surface area contributed by atoms with Gasteiger partial charge in [0.25, 0.3) is 0 Å². The normalized spacial score (nSPS) is 10.7. The molecule has 0 bridgehead atoms. The number of carbonyl (C=O) groups is 1. The van der Waals surface area contributed by atoms with Crippen LogP contribution in [-0.4, -0.2) is 18.2 Å². The molecule has 0 saturated carbocycles. The van der Waals surface area contributed by atoms with Gasteiger partial charge in [0, 0.05) is 0 Å². The van der Waals surface area contributed by atoms with Crippen LogP contribution >= 0.6 is 0 Å². The molecule has 0 fully saturated rings. The van der Waals surface area contributed by atoms with Gasteiger partial charge in [-0.2, -0.15) is 5.26 Å². The molecule has 0 unspecified atom stereocenters. The molecule has 2 aromatic carbocycles. The van der Waals surface area contributed by atoms with E-state index in [1.165, 1.54) is 13.2 Å². The minimum atomic E-state index is -1.27. The number of ether oxygens (including phenoxy) is 2. The summed E-state index contributed by atoms with van der Waals surface area (Å²) in [6, 6.07) is 16.3. The van der Waals surface area contributed by atoms with E-state index in [0.717, 1.165) is 5.56 Å². The quantitative estimate of drug-likeness (QED) is 0.654. The van der Waals surface area contributed by atoms with Gasteiger partial charge in [0.15, 0.2) is 11.5 Å². The number of nitrogens with zero attached hydrogens (tertiary/aromatic N) is 1. The van der Waals surface area contributed by atoms with Crippen LogP contribution in [-0.2, 0) is 11.4 Å². The highest BCUT2D eigenvalue weighted by Gasteiger charge is 2.09. The third kappa shape index (κ3) is 4.35. The van der Waals surface area contributed by atoms with Crippen molar-refractivity contribution in [3.63, 3.8) is 0 Å². The van der Waals surface area contributed by atoms with Crippen molar-refractivity contribution in [3.05, 3.63) is 65.2 Å². The van der Waals surface area contributed by atoms with E-state index >= 15 is 0 Å². The predicted octanol–water partition coefficient (Wildman–Crippen LogP) is 3.27. The molecule has 0 heterocycles. The van der Waals surface area contributed by atoms with Gasteiger partial charge < -0.3 is 14.6 Å². The number of rotatable bonds is 6. The smallest absolute Gasteiger partial charge is 0.346 e. The number of methoxy groups -OCH3 is 1. The van der Waals surface area contributed by atoms with Crippen LogP contribution in [0.3, 0.4) is 0 Å². The molecule has 1 N–H and O–H groups in total. The van der Waals surface area contributed by atoms with Gasteiger partial charge in [-0.05, 0) is 29.3 Å². The fourth-order valence-corrected chi connectivity index (χ4v) is 1.94. The van der Waals surface area contributed by atoms with Crippen LogP contribution in [0.4, 0.5) is 0 Å². The number of nitriles is 1. The molecule has 0 aromatic heterocycles. The van der Waals surface area contributed by atoms with Crippen LogP contribution in [0.5, 0.6) is 11.5 Å². The summed E-state index contributed by atoms with van der Waals surface area (Å²) in [7, 11) is 1.50. The first-order chi connectivity index (χ1) is 11.1. The van der Waals surface area contributed by atoms with Gasteiger partial charge in [-0.3, -0.25) is 0 Å². The number of hydrogen-bond donors (Lipinski definition) is 1. The molecule has 0 radical (unpaired) electrons. The fourth-order valence-electron chi connectivity index (χ4n) is 1.94. The van der Waals surface area contributed by atoms with Crippen molar-refractivity contribution in [1.29, 1.82) is 5.26 Å². The van der Waals surface area contributed by atoms with Crippen LogP contribution in [0.25, 0.3) is 6.08 Å². The van der Waals surface area contributed by atoms with E-state index in [1.54, 1.807) is 24.3 Å². The molecular weight excluding hydrogens is 294 g/mol. The molecule has 5 heteroatoms. The van der Waals surface area contributed by atoms with Gasteiger partial charge in [-0.25, -0.2) is 4.79 Å². The molecule has 2 aromatic rings. The van der Waals surface area contributed by atoms with Gasteiger partial charge in [-0.15, -0.1) is 0 Å². The summed E-state index contributed by atoms with van der Waals surface area (Å²) >= 11 is 0. The Morgan fingerprint density at radius 3 is 2.57 bits per heavy atom. The molecule has 2 rings (SSSR count). The van der Waals surface area contributed by atoms with Gasteiger partial charge in [0.2, 0.25) is 0 Å². The zero-order chi connectivity index (χ0) is 16.7. The monoisotopic (exact) mass is 309 g/mol. The maximum absolute atomic E-state index is 10.9. The molecule has 0 aliphatic heterocycles. The van der Waals surface area contributed by atoms with E-state index in [4.69, 9.17) is 19.8 Å². The SMILES string of the molecule is COc1cc(C=C(C#N)C(=O)O)ccc1OCc1ccccc1. The zero-order valence-corrected chi connectivity index (χ0v) is 12.5. The van der Waals surface area contributed by atoms with Crippen LogP contribution in [0.1, 0.15) is 11.1 Å². The Morgan fingerprint density at radius 2 is 1.96 bits per heavy atom. The van der Waals surface area contributed by atoms with E-state index in [-0.39, 0.29) is 5.57 Å². The van der Waals surface area contributed by atoms with Crippen LogP contribution in [0.15, 0.2) is 54.1 Å². The van der Waals surface area contributed by atoms with Crippen molar-refractivity contribution in [1.82, 2.24) is 0 Å². The molecule has 0 aliphatic carbocycles. The Bertz CT molecular complexity index is 760. The largest absolute Gasteiger partial charge is 0.493 e. The van der Waals surface area contributed by atoms with E-state index in [2.05, 4.69) is 0 Å². The highest BCUT2D eigenvalue weighted by atomic mass is 16.5. The van der Waals surface area contributed by atoms with Gasteiger partial charge >= 0.3 is 5.97 Å². The lowest BCUT2D eigenvalue weighted by Crippen LogP contribution is -1.99. The van der Waals surface area contributed by atoms with E-state index in [0.29, 0.717) is 23.7 Å². The maximum Gasteiger partial charge on any atom is 0.346 e. The molecule has 5 nitrogen and oxygen atoms in total. The van der Waals surface area contributed by atoms with E-state index in [9.17, 15) is 4.79 Å². The Morgan fingerprint density at radius 1 is 1.22 bits per heavy atom. The van der Waals surface area contributed by atoms with E-state index in [1.807, 2.05) is 30.3 Å². The van der Waals surface area contributed by atoms with Crippen molar-refractivity contribution in [2.24, 2.45) is 0 Å². The highest BCUT2D eigenvalue weighted by Crippen LogP contribution is 2.29. The average molecular weight is 309 g/mol. The van der Waals surface area contributed by atoms with Crippen molar-refractivity contribution >= 4 is 12.0 Å². The van der Waals surface area contributed by atoms with Crippen molar-refractivity contribution in [2.45, 2.75) is 6.61 Å². The first kappa shape index (κ1) is 16.1. The number of benzene rings is 2. The van der Waals surface area contributed by atoms with Crippen molar-refractivity contribution in [3.8, 4) is 17.6 Å². The third-order valence-corrected chi connectivity index (χ3v) is 3.09. The Hall–Kier alpha value is -3.26. The minimum absolute atomic E-state index is 0.343. The molecular formula is C18H15NO4. The Labute approximate surface area is 134 Å². The fraction of sp³-hybridized carbons (Fsp3) is 0.111. The second-order valence-electron chi connectivity index (χ2n) is 4.66. The van der Waals surface area contributed by atoms with Gasteiger partial charge in [0.05, 0.1) is 7.11 Å². The standard InChI is InChI=1S/C18H15NO4/c1-22-17-10-14(9-15(11-19)18(20)21)7-8-16(17)23-12-13-5-3-2-4-6-13/h2-10H,12H2,1H3,(H,20,21). The molecule has 0 atom stereocenters. The van der Waals surface area contributed by atoms with Gasteiger partial charge in [-0.1, -0.05) is 36.4 Å².